The number of benzene rings is 2. The smallest absolute Gasteiger partial charge is 0.129 e. The molecule has 0 aromatic heterocycles. The molecule has 0 spiro atoms. The molecule has 0 bridgehead atoms. The molecule has 0 fully saturated rings. The van der Waals surface area contributed by atoms with Gasteiger partial charge in [0.15, 0.2) is 0 Å². The van der Waals surface area contributed by atoms with Crippen LogP contribution in [0.25, 0.3) is 0 Å². The Bertz CT molecular complexity index is 607. The largest absolute Gasteiger partial charge is 0.348 e. The van der Waals surface area contributed by atoms with E-state index >= 15 is 0 Å². The Labute approximate surface area is 115 Å². The van der Waals surface area contributed by atoms with Crippen molar-refractivity contribution in [3.63, 3.8) is 0 Å². The van der Waals surface area contributed by atoms with Crippen LogP contribution in [0.15, 0.2) is 53.0 Å². The van der Waals surface area contributed by atoms with Crippen LogP contribution in [0.4, 0.5) is 0 Å². The van der Waals surface area contributed by atoms with Gasteiger partial charge in [0.1, 0.15) is 5.84 Å². The zero-order valence-corrected chi connectivity index (χ0v) is 11.4. The number of rotatable bonds is 2. The summed E-state index contributed by atoms with van der Waals surface area (Å²) >= 11 is 3.48. The van der Waals surface area contributed by atoms with Gasteiger partial charge in [-0.15, -0.1) is 0 Å². The second-order valence-corrected chi connectivity index (χ2v) is 5.41. The van der Waals surface area contributed by atoms with E-state index in [1.54, 1.807) is 0 Å². The zero-order valence-electron chi connectivity index (χ0n) is 9.86. The first-order valence-electron chi connectivity index (χ1n) is 5.90. The van der Waals surface area contributed by atoms with Crippen LogP contribution in [-0.2, 0) is 13.1 Å². The molecular formula is C15H13BrN2. The maximum Gasteiger partial charge on any atom is 0.129 e. The summed E-state index contributed by atoms with van der Waals surface area (Å²) in [5, 5.41) is 8.20. The summed E-state index contributed by atoms with van der Waals surface area (Å²) in [5.74, 6) is 0.630. The Hall–Kier alpha value is -1.61. The van der Waals surface area contributed by atoms with Crippen molar-refractivity contribution in [3.8, 4) is 0 Å². The number of halogens is 1. The standard InChI is InChI=1S/C15H13BrN2/c16-13-6-3-4-11(8-13)9-18-10-12-5-1-2-7-14(12)15(18)17/h1-8,17H,9-10H2. The molecule has 0 saturated heterocycles. The lowest BCUT2D eigenvalue weighted by Gasteiger charge is -2.18. The fraction of sp³-hybridized carbons (Fsp3) is 0.133. The summed E-state index contributed by atoms with van der Waals surface area (Å²) in [6.45, 7) is 1.62. The van der Waals surface area contributed by atoms with Crippen LogP contribution in [0.3, 0.4) is 0 Å². The van der Waals surface area contributed by atoms with Crippen LogP contribution in [0, 0.1) is 5.41 Å². The Kier molecular flexibility index (Phi) is 2.92. The highest BCUT2D eigenvalue weighted by Gasteiger charge is 2.23. The van der Waals surface area contributed by atoms with Gasteiger partial charge < -0.3 is 4.90 Å². The molecule has 0 amide bonds. The van der Waals surface area contributed by atoms with E-state index in [2.05, 4.69) is 39.0 Å². The van der Waals surface area contributed by atoms with Crippen molar-refractivity contribution in [2.24, 2.45) is 0 Å². The third-order valence-electron chi connectivity index (χ3n) is 3.21. The van der Waals surface area contributed by atoms with Crippen LogP contribution >= 0.6 is 15.9 Å². The van der Waals surface area contributed by atoms with Gasteiger partial charge in [0, 0.05) is 23.1 Å². The van der Waals surface area contributed by atoms with Crippen molar-refractivity contribution in [2.75, 3.05) is 0 Å². The van der Waals surface area contributed by atoms with Gasteiger partial charge in [0.2, 0.25) is 0 Å². The van der Waals surface area contributed by atoms with Crippen molar-refractivity contribution in [1.82, 2.24) is 4.90 Å². The lowest BCUT2D eigenvalue weighted by Crippen LogP contribution is -2.23. The summed E-state index contributed by atoms with van der Waals surface area (Å²) in [5.41, 5.74) is 3.53. The molecular weight excluding hydrogens is 288 g/mol. The van der Waals surface area contributed by atoms with Crippen molar-refractivity contribution in [2.45, 2.75) is 13.1 Å². The van der Waals surface area contributed by atoms with E-state index in [1.807, 2.05) is 30.3 Å². The molecule has 0 atom stereocenters. The van der Waals surface area contributed by atoms with Crippen molar-refractivity contribution >= 4 is 21.8 Å². The van der Waals surface area contributed by atoms with E-state index in [1.165, 1.54) is 11.1 Å². The molecule has 0 radical (unpaired) electrons. The van der Waals surface area contributed by atoms with Crippen molar-refractivity contribution < 1.29 is 0 Å². The lowest BCUT2D eigenvalue weighted by molar-refractivity contribution is 0.422. The number of hydrogen-bond acceptors (Lipinski definition) is 1. The van der Waals surface area contributed by atoms with Crippen LogP contribution in [0.5, 0.6) is 0 Å². The van der Waals surface area contributed by atoms with Crippen molar-refractivity contribution in [3.05, 3.63) is 69.7 Å². The summed E-state index contributed by atoms with van der Waals surface area (Å²) in [6.07, 6.45) is 0. The average Bonchev–Trinajstić information content (AvgIpc) is 2.67. The third kappa shape index (κ3) is 2.06. The normalized spacial score (nSPS) is 13.8. The molecule has 0 saturated carbocycles. The first kappa shape index (κ1) is 11.5. The Morgan fingerprint density at radius 1 is 1.11 bits per heavy atom. The number of amidine groups is 1. The van der Waals surface area contributed by atoms with Crippen LogP contribution in [-0.4, -0.2) is 10.7 Å². The molecule has 18 heavy (non-hydrogen) atoms. The number of nitrogens with zero attached hydrogens (tertiary/aromatic N) is 1. The molecule has 1 aliphatic heterocycles. The quantitative estimate of drug-likeness (QED) is 0.897. The molecule has 2 nitrogen and oxygen atoms in total. The van der Waals surface area contributed by atoms with Gasteiger partial charge in [0.25, 0.3) is 0 Å². The molecule has 1 aliphatic rings. The van der Waals surface area contributed by atoms with Gasteiger partial charge >= 0.3 is 0 Å². The predicted octanol–water partition coefficient (Wildman–Crippen LogP) is 3.79. The highest BCUT2D eigenvalue weighted by atomic mass is 79.9. The van der Waals surface area contributed by atoms with Gasteiger partial charge in [-0.25, -0.2) is 0 Å². The highest BCUT2D eigenvalue weighted by molar-refractivity contribution is 9.10. The fourth-order valence-corrected chi connectivity index (χ4v) is 2.78. The van der Waals surface area contributed by atoms with Gasteiger partial charge in [-0.1, -0.05) is 52.3 Å². The SMILES string of the molecule is N=C1c2ccccc2CN1Cc1cccc(Br)c1. The molecule has 0 aliphatic carbocycles. The maximum absolute atomic E-state index is 8.20. The van der Waals surface area contributed by atoms with Gasteiger partial charge in [-0.05, 0) is 23.3 Å². The van der Waals surface area contributed by atoms with E-state index in [0.717, 1.165) is 23.1 Å². The Balaban J connectivity index is 1.83. The van der Waals surface area contributed by atoms with E-state index in [9.17, 15) is 0 Å². The predicted molar refractivity (Wildman–Crippen MR) is 76.7 cm³/mol. The summed E-state index contributed by atoms with van der Waals surface area (Å²) < 4.78 is 1.09. The number of nitrogens with one attached hydrogen (secondary N) is 1. The molecule has 0 unspecified atom stereocenters. The van der Waals surface area contributed by atoms with Gasteiger partial charge in [0.05, 0.1) is 0 Å². The minimum absolute atomic E-state index is 0.630. The van der Waals surface area contributed by atoms with E-state index in [4.69, 9.17) is 5.41 Å². The minimum Gasteiger partial charge on any atom is -0.348 e. The first-order valence-corrected chi connectivity index (χ1v) is 6.69. The third-order valence-corrected chi connectivity index (χ3v) is 3.71. The molecule has 2 aromatic rings. The number of hydrogen-bond donors (Lipinski definition) is 1. The zero-order chi connectivity index (χ0) is 12.5. The lowest BCUT2D eigenvalue weighted by atomic mass is 10.1. The average molecular weight is 301 g/mol. The first-order chi connectivity index (χ1) is 8.74. The fourth-order valence-electron chi connectivity index (χ4n) is 2.33. The molecule has 3 heteroatoms. The summed E-state index contributed by atoms with van der Waals surface area (Å²) in [4.78, 5) is 2.10. The highest BCUT2D eigenvalue weighted by Crippen LogP contribution is 2.24. The molecule has 1 heterocycles. The topological polar surface area (TPSA) is 27.1 Å². The monoisotopic (exact) mass is 300 g/mol. The van der Waals surface area contributed by atoms with Crippen LogP contribution in [0.1, 0.15) is 16.7 Å². The van der Waals surface area contributed by atoms with E-state index in [0.29, 0.717) is 5.84 Å². The Morgan fingerprint density at radius 3 is 2.72 bits per heavy atom. The summed E-state index contributed by atoms with van der Waals surface area (Å²) in [6, 6.07) is 16.4. The maximum atomic E-state index is 8.20. The van der Waals surface area contributed by atoms with Gasteiger partial charge in [-0.2, -0.15) is 0 Å². The molecule has 3 rings (SSSR count). The molecule has 1 N–H and O–H groups in total. The molecule has 2 aromatic carbocycles. The van der Waals surface area contributed by atoms with E-state index in [-0.39, 0.29) is 0 Å². The molecule has 90 valence electrons. The van der Waals surface area contributed by atoms with Crippen LogP contribution < -0.4 is 0 Å². The summed E-state index contributed by atoms with van der Waals surface area (Å²) in [7, 11) is 0. The minimum atomic E-state index is 0.630. The Morgan fingerprint density at radius 2 is 1.94 bits per heavy atom. The van der Waals surface area contributed by atoms with Crippen LogP contribution in [0.2, 0.25) is 0 Å². The number of fused-ring (bicyclic) bond motifs is 1. The van der Waals surface area contributed by atoms with E-state index < -0.39 is 0 Å². The van der Waals surface area contributed by atoms with Crippen molar-refractivity contribution in [1.29, 1.82) is 5.41 Å². The second-order valence-electron chi connectivity index (χ2n) is 4.49. The second kappa shape index (κ2) is 4.58. The van der Waals surface area contributed by atoms with Gasteiger partial charge in [-0.3, -0.25) is 5.41 Å².